The van der Waals surface area contributed by atoms with Crippen LogP contribution in [-0.4, -0.2) is 11.7 Å². The topological polar surface area (TPSA) is 46.2 Å². The number of carbonyl (C=O) groups is 2. The highest BCUT2D eigenvalue weighted by molar-refractivity contribution is 6.40. The quantitative estimate of drug-likeness (QED) is 0.605. The van der Waals surface area contributed by atoms with Gasteiger partial charge in [0.25, 0.3) is 5.91 Å². The third kappa shape index (κ3) is 1.20. The SMILES string of the molecule is CCC1=CC=C2NC(=O)C(=O)C2C1. The molecule has 13 heavy (non-hydrogen) atoms. The highest BCUT2D eigenvalue weighted by Gasteiger charge is 2.37. The van der Waals surface area contributed by atoms with Gasteiger partial charge in [0.2, 0.25) is 5.78 Å². The lowest BCUT2D eigenvalue weighted by atomic mass is 9.89. The average molecular weight is 177 g/mol. The van der Waals surface area contributed by atoms with Crippen LogP contribution in [0.5, 0.6) is 0 Å². The monoisotopic (exact) mass is 177 g/mol. The summed E-state index contributed by atoms with van der Waals surface area (Å²) in [4.78, 5) is 22.3. The average Bonchev–Trinajstić information content (AvgIpc) is 2.43. The van der Waals surface area contributed by atoms with E-state index in [4.69, 9.17) is 0 Å². The lowest BCUT2D eigenvalue weighted by Gasteiger charge is -2.14. The first-order valence-electron chi connectivity index (χ1n) is 4.47. The van der Waals surface area contributed by atoms with Crippen molar-refractivity contribution in [3.8, 4) is 0 Å². The van der Waals surface area contributed by atoms with Crippen LogP contribution in [0.2, 0.25) is 0 Å². The minimum atomic E-state index is -0.456. The van der Waals surface area contributed by atoms with E-state index in [0.717, 1.165) is 12.1 Å². The number of hydrogen-bond donors (Lipinski definition) is 1. The molecule has 0 aromatic heterocycles. The van der Waals surface area contributed by atoms with Crippen molar-refractivity contribution in [1.29, 1.82) is 0 Å². The Kier molecular flexibility index (Phi) is 1.79. The summed E-state index contributed by atoms with van der Waals surface area (Å²) in [6.45, 7) is 2.05. The molecule has 0 aromatic rings. The molecule has 1 fully saturated rings. The van der Waals surface area contributed by atoms with Crippen molar-refractivity contribution in [2.45, 2.75) is 19.8 Å². The summed E-state index contributed by atoms with van der Waals surface area (Å²) in [5.41, 5.74) is 2.01. The molecule has 1 N–H and O–H groups in total. The van der Waals surface area contributed by atoms with Crippen LogP contribution in [0.25, 0.3) is 0 Å². The van der Waals surface area contributed by atoms with Gasteiger partial charge in [0, 0.05) is 5.70 Å². The lowest BCUT2D eigenvalue weighted by Crippen LogP contribution is -2.18. The fraction of sp³-hybridized carbons (Fsp3) is 0.400. The molecule has 0 saturated carbocycles. The van der Waals surface area contributed by atoms with Crippen molar-refractivity contribution in [2.24, 2.45) is 5.92 Å². The maximum absolute atomic E-state index is 11.3. The molecule has 0 spiro atoms. The normalized spacial score (nSPS) is 26.4. The van der Waals surface area contributed by atoms with Gasteiger partial charge in [-0.15, -0.1) is 0 Å². The van der Waals surface area contributed by atoms with E-state index in [1.165, 1.54) is 5.57 Å². The fourth-order valence-electron chi connectivity index (χ4n) is 1.74. The molecule has 1 heterocycles. The molecular weight excluding hydrogens is 166 g/mol. The summed E-state index contributed by atoms with van der Waals surface area (Å²) in [6.07, 6.45) is 5.49. The number of hydrogen-bond acceptors (Lipinski definition) is 2. The summed E-state index contributed by atoms with van der Waals surface area (Å²) in [5.74, 6) is -0.959. The third-order valence-electron chi connectivity index (χ3n) is 2.59. The van der Waals surface area contributed by atoms with E-state index < -0.39 is 5.91 Å². The Morgan fingerprint density at radius 2 is 2.23 bits per heavy atom. The predicted molar refractivity (Wildman–Crippen MR) is 47.7 cm³/mol. The number of allylic oxidation sites excluding steroid dienone is 4. The maximum Gasteiger partial charge on any atom is 0.292 e. The van der Waals surface area contributed by atoms with Crippen LogP contribution in [0.1, 0.15) is 19.8 Å². The van der Waals surface area contributed by atoms with Crippen LogP contribution >= 0.6 is 0 Å². The zero-order valence-corrected chi connectivity index (χ0v) is 7.46. The number of fused-ring (bicyclic) bond motifs is 1. The molecule has 3 heteroatoms. The van der Waals surface area contributed by atoms with Gasteiger partial charge in [0.1, 0.15) is 0 Å². The summed E-state index contributed by atoms with van der Waals surface area (Å²) >= 11 is 0. The van der Waals surface area contributed by atoms with Crippen LogP contribution in [-0.2, 0) is 9.59 Å². The number of nitrogens with one attached hydrogen (secondary N) is 1. The minimum absolute atomic E-state index is 0.215. The Labute approximate surface area is 76.5 Å². The van der Waals surface area contributed by atoms with Crippen LogP contribution in [0, 0.1) is 5.92 Å². The van der Waals surface area contributed by atoms with Gasteiger partial charge in [-0.25, -0.2) is 0 Å². The third-order valence-corrected chi connectivity index (χ3v) is 2.59. The van der Waals surface area contributed by atoms with Crippen molar-refractivity contribution < 1.29 is 9.59 Å². The van der Waals surface area contributed by atoms with Gasteiger partial charge in [-0.05, 0) is 18.9 Å². The summed E-state index contributed by atoms with van der Waals surface area (Å²) < 4.78 is 0. The standard InChI is InChI=1S/C10H11NO2/c1-2-6-3-4-8-7(5-6)9(12)10(13)11-8/h3-4,7H,2,5H2,1H3,(H,11,13). The minimum Gasteiger partial charge on any atom is -0.322 e. The molecule has 0 radical (unpaired) electrons. The molecule has 1 amide bonds. The molecule has 1 unspecified atom stereocenters. The van der Waals surface area contributed by atoms with Crippen molar-refractivity contribution in [1.82, 2.24) is 5.32 Å². The Morgan fingerprint density at radius 1 is 1.46 bits per heavy atom. The molecule has 3 nitrogen and oxygen atoms in total. The van der Waals surface area contributed by atoms with E-state index in [1.54, 1.807) is 0 Å². The largest absolute Gasteiger partial charge is 0.322 e. The zero-order chi connectivity index (χ0) is 9.42. The molecule has 2 aliphatic rings. The van der Waals surface area contributed by atoms with Crippen molar-refractivity contribution in [3.05, 3.63) is 23.4 Å². The van der Waals surface area contributed by atoms with Crippen molar-refractivity contribution in [2.75, 3.05) is 0 Å². The lowest BCUT2D eigenvalue weighted by molar-refractivity contribution is -0.136. The number of amides is 1. The predicted octanol–water partition coefficient (Wildman–Crippen LogP) is 0.925. The molecule has 1 aliphatic carbocycles. The van der Waals surface area contributed by atoms with Crippen LogP contribution in [0.3, 0.4) is 0 Å². The van der Waals surface area contributed by atoms with Crippen LogP contribution < -0.4 is 5.32 Å². The van der Waals surface area contributed by atoms with Gasteiger partial charge in [0.15, 0.2) is 0 Å². The molecule has 0 aromatic carbocycles. The van der Waals surface area contributed by atoms with E-state index in [-0.39, 0.29) is 11.7 Å². The Hall–Kier alpha value is -1.38. The number of carbonyl (C=O) groups excluding carboxylic acids is 2. The second-order valence-electron chi connectivity index (χ2n) is 3.38. The van der Waals surface area contributed by atoms with Gasteiger partial charge in [0.05, 0.1) is 5.92 Å². The van der Waals surface area contributed by atoms with E-state index in [0.29, 0.717) is 6.42 Å². The van der Waals surface area contributed by atoms with E-state index in [1.807, 2.05) is 12.2 Å². The second kappa shape index (κ2) is 2.83. The fourth-order valence-corrected chi connectivity index (χ4v) is 1.74. The smallest absolute Gasteiger partial charge is 0.292 e. The van der Waals surface area contributed by atoms with Gasteiger partial charge in [-0.3, -0.25) is 9.59 Å². The second-order valence-corrected chi connectivity index (χ2v) is 3.38. The highest BCUT2D eigenvalue weighted by atomic mass is 16.2. The van der Waals surface area contributed by atoms with Crippen molar-refractivity contribution in [3.63, 3.8) is 0 Å². The summed E-state index contributed by atoms with van der Waals surface area (Å²) in [6, 6.07) is 0. The van der Waals surface area contributed by atoms with Gasteiger partial charge in [-0.1, -0.05) is 18.6 Å². The van der Waals surface area contributed by atoms with Crippen molar-refractivity contribution >= 4 is 11.7 Å². The first-order chi connectivity index (χ1) is 6.22. The van der Waals surface area contributed by atoms with Gasteiger partial charge < -0.3 is 5.32 Å². The number of rotatable bonds is 1. The van der Waals surface area contributed by atoms with Gasteiger partial charge in [-0.2, -0.15) is 0 Å². The maximum atomic E-state index is 11.3. The molecule has 2 rings (SSSR count). The van der Waals surface area contributed by atoms with E-state index in [9.17, 15) is 9.59 Å². The van der Waals surface area contributed by atoms with Gasteiger partial charge >= 0.3 is 0 Å². The number of ketones is 1. The zero-order valence-electron chi connectivity index (χ0n) is 7.46. The first kappa shape index (κ1) is 8.23. The molecule has 0 bridgehead atoms. The molecular formula is C10H11NO2. The first-order valence-corrected chi connectivity index (χ1v) is 4.47. The molecule has 1 aliphatic heterocycles. The molecule has 68 valence electrons. The number of Topliss-reactive ketones (excluding diaryl/α,β-unsaturated/α-hetero) is 1. The Morgan fingerprint density at radius 3 is 2.92 bits per heavy atom. The van der Waals surface area contributed by atoms with E-state index >= 15 is 0 Å². The summed E-state index contributed by atoms with van der Waals surface area (Å²) in [7, 11) is 0. The highest BCUT2D eigenvalue weighted by Crippen LogP contribution is 2.29. The Bertz CT molecular complexity index is 339. The van der Waals surface area contributed by atoms with E-state index in [2.05, 4.69) is 12.2 Å². The molecule has 1 saturated heterocycles. The van der Waals surface area contributed by atoms with Crippen LogP contribution in [0.15, 0.2) is 23.4 Å². The molecule has 1 atom stereocenters. The Balaban J connectivity index is 2.28. The van der Waals surface area contributed by atoms with Crippen LogP contribution in [0.4, 0.5) is 0 Å². The summed E-state index contributed by atoms with van der Waals surface area (Å²) in [5, 5.41) is 2.58.